The molecule has 3 aromatic rings. The van der Waals surface area contributed by atoms with Crippen LogP contribution in [0.25, 0.3) is 22.4 Å². The Kier molecular flexibility index (Phi) is 5.60. The minimum absolute atomic E-state index is 0.0830. The third kappa shape index (κ3) is 4.46. The number of piperazine rings is 1. The smallest absolute Gasteiger partial charge is 0.253 e. The van der Waals surface area contributed by atoms with Gasteiger partial charge < -0.3 is 16.0 Å². The van der Waals surface area contributed by atoms with Crippen LogP contribution < -0.4 is 16.0 Å². The van der Waals surface area contributed by atoms with E-state index < -0.39 is 5.95 Å². The molecule has 0 atom stereocenters. The molecule has 7 nitrogen and oxygen atoms in total. The highest BCUT2D eigenvalue weighted by Crippen LogP contribution is 2.33. The average molecular weight is 473 g/mol. The van der Waals surface area contributed by atoms with E-state index in [1.807, 2.05) is 18.2 Å². The first kappa shape index (κ1) is 22.0. The van der Waals surface area contributed by atoms with E-state index in [9.17, 15) is 9.18 Å². The number of benzene rings is 1. The molecular weight excluding hydrogens is 443 g/mol. The Hall–Kier alpha value is -3.52. The van der Waals surface area contributed by atoms with Gasteiger partial charge in [0, 0.05) is 62.3 Å². The van der Waals surface area contributed by atoms with Gasteiger partial charge in [-0.05, 0) is 60.6 Å². The predicted molar refractivity (Wildman–Crippen MR) is 135 cm³/mol. The number of hydrogen-bond donors (Lipinski definition) is 2. The first-order valence-corrected chi connectivity index (χ1v) is 12.4. The number of anilines is 2. The molecule has 8 heteroatoms. The van der Waals surface area contributed by atoms with Gasteiger partial charge in [0.05, 0.1) is 11.3 Å². The third-order valence-corrected chi connectivity index (χ3v) is 7.32. The Morgan fingerprint density at radius 2 is 1.80 bits per heavy atom. The summed E-state index contributed by atoms with van der Waals surface area (Å²) in [5.41, 5.74) is 11.0. The molecule has 35 heavy (non-hydrogen) atoms. The van der Waals surface area contributed by atoms with Crippen LogP contribution in [0.4, 0.5) is 15.9 Å². The number of nitrogens with zero attached hydrogens (tertiary/aromatic N) is 4. The van der Waals surface area contributed by atoms with Crippen molar-refractivity contribution in [3.63, 3.8) is 0 Å². The van der Waals surface area contributed by atoms with Crippen LogP contribution in [-0.4, -0.2) is 60.0 Å². The number of nitrogens with two attached hydrogens (primary N) is 1. The van der Waals surface area contributed by atoms with Crippen LogP contribution in [0.3, 0.4) is 0 Å². The number of carbonyl (C=O) groups excluding carboxylic acids is 1. The predicted octanol–water partition coefficient (Wildman–Crippen LogP) is 3.35. The van der Waals surface area contributed by atoms with Crippen molar-refractivity contribution in [3.8, 4) is 22.4 Å². The van der Waals surface area contributed by atoms with Crippen molar-refractivity contribution in [3.05, 3.63) is 59.7 Å². The van der Waals surface area contributed by atoms with E-state index in [0.717, 1.165) is 48.9 Å². The average Bonchev–Trinajstić information content (AvgIpc) is 3.69. The summed E-state index contributed by atoms with van der Waals surface area (Å²) < 4.78 is 14.9. The second kappa shape index (κ2) is 8.92. The molecule has 2 aliphatic heterocycles. The number of rotatable bonds is 5. The van der Waals surface area contributed by atoms with E-state index in [1.165, 1.54) is 19.4 Å². The Morgan fingerprint density at radius 1 is 1.03 bits per heavy atom. The minimum atomic E-state index is -0.606. The van der Waals surface area contributed by atoms with Gasteiger partial charge in [-0.25, -0.2) is 4.98 Å². The molecule has 6 rings (SSSR count). The van der Waals surface area contributed by atoms with Crippen molar-refractivity contribution in [1.29, 1.82) is 0 Å². The van der Waals surface area contributed by atoms with E-state index >= 15 is 0 Å². The molecule has 1 saturated heterocycles. The van der Waals surface area contributed by atoms with Crippen LogP contribution in [0.2, 0.25) is 0 Å². The van der Waals surface area contributed by atoms with Crippen molar-refractivity contribution in [2.75, 3.05) is 49.9 Å². The third-order valence-electron chi connectivity index (χ3n) is 7.32. The number of nitrogen functional groups attached to an aromatic ring is 1. The van der Waals surface area contributed by atoms with Gasteiger partial charge >= 0.3 is 0 Å². The van der Waals surface area contributed by atoms with Gasteiger partial charge in [0.2, 0.25) is 5.95 Å². The normalized spacial score (nSPS) is 18.3. The van der Waals surface area contributed by atoms with Gasteiger partial charge in [-0.2, -0.15) is 4.39 Å². The van der Waals surface area contributed by atoms with Gasteiger partial charge in [0.15, 0.2) is 0 Å². The highest BCUT2D eigenvalue weighted by atomic mass is 19.1. The number of hydrogen-bond acceptors (Lipinski definition) is 6. The van der Waals surface area contributed by atoms with Crippen molar-refractivity contribution >= 4 is 17.4 Å². The molecular formula is C27H29FN6O. The first-order chi connectivity index (χ1) is 17.0. The summed E-state index contributed by atoms with van der Waals surface area (Å²) in [4.78, 5) is 25.4. The van der Waals surface area contributed by atoms with Crippen molar-refractivity contribution in [1.82, 2.24) is 20.2 Å². The largest absolute Gasteiger partial charge is 0.383 e. The Balaban J connectivity index is 1.23. The highest BCUT2D eigenvalue weighted by molar-refractivity contribution is 5.97. The molecule has 0 spiro atoms. The van der Waals surface area contributed by atoms with Crippen molar-refractivity contribution < 1.29 is 9.18 Å². The highest BCUT2D eigenvalue weighted by Gasteiger charge is 2.26. The molecule has 0 unspecified atom stereocenters. The second-order valence-electron chi connectivity index (χ2n) is 9.77. The van der Waals surface area contributed by atoms with E-state index in [0.29, 0.717) is 35.3 Å². The maximum Gasteiger partial charge on any atom is 0.253 e. The molecule has 3 N–H and O–H groups in total. The number of carbonyl (C=O) groups is 1. The van der Waals surface area contributed by atoms with Gasteiger partial charge in [-0.15, -0.1) is 0 Å². The maximum absolute atomic E-state index is 14.9. The zero-order valence-corrected chi connectivity index (χ0v) is 19.6. The number of halogens is 1. The fourth-order valence-corrected chi connectivity index (χ4v) is 5.08. The van der Waals surface area contributed by atoms with Crippen LogP contribution in [0.5, 0.6) is 0 Å². The van der Waals surface area contributed by atoms with E-state index in [1.54, 1.807) is 12.3 Å². The molecule has 3 aliphatic rings. The van der Waals surface area contributed by atoms with E-state index in [4.69, 9.17) is 5.73 Å². The molecule has 2 aromatic heterocycles. The number of aromatic nitrogens is 2. The van der Waals surface area contributed by atoms with Crippen LogP contribution in [-0.2, 0) is 6.42 Å². The zero-order valence-electron chi connectivity index (χ0n) is 19.6. The molecule has 4 heterocycles. The summed E-state index contributed by atoms with van der Waals surface area (Å²) in [7, 11) is 0. The molecule has 0 bridgehead atoms. The van der Waals surface area contributed by atoms with Crippen molar-refractivity contribution in [2.24, 2.45) is 5.92 Å². The number of pyridine rings is 2. The SMILES string of the molecule is Nc1nc(F)c(-c2ccc(N3CCN(CC4CC4)CC3)cc2)cc1-c1cc2c(cn1)C(=O)NCC2. The van der Waals surface area contributed by atoms with E-state index in [-0.39, 0.29) is 11.7 Å². The molecule has 1 aliphatic carbocycles. The van der Waals surface area contributed by atoms with Gasteiger partial charge in [-0.1, -0.05) is 12.1 Å². The summed E-state index contributed by atoms with van der Waals surface area (Å²) in [5, 5.41) is 2.82. The van der Waals surface area contributed by atoms with Crippen LogP contribution in [0, 0.1) is 11.9 Å². The van der Waals surface area contributed by atoms with Crippen LogP contribution in [0.1, 0.15) is 28.8 Å². The lowest BCUT2D eigenvalue weighted by molar-refractivity contribution is 0.0945. The lowest BCUT2D eigenvalue weighted by atomic mass is 9.98. The van der Waals surface area contributed by atoms with E-state index in [2.05, 4.69) is 37.2 Å². The molecule has 1 aromatic carbocycles. The fraction of sp³-hybridized carbons (Fsp3) is 0.370. The standard InChI is InChI=1S/C27H29FN6O/c28-25-21(14-22(26(29)32-25)24-13-19-7-8-30-27(35)23(19)15-31-24)18-3-5-20(6-4-18)34-11-9-33(10-12-34)16-17-1-2-17/h3-6,13-15,17H,1-2,7-12,16H2,(H2,29,32)(H,30,35). The summed E-state index contributed by atoms with van der Waals surface area (Å²) in [6, 6.07) is 11.6. The first-order valence-electron chi connectivity index (χ1n) is 12.4. The molecule has 180 valence electrons. The summed E-state index contributed by atoms with van der Waals surface area (Å²) >= 11 is 0. The number of fused-ring (bicyclic) bond motifs is 1. The summed E-state index contributed by atoms with van der Waals surface area (Å²) in [6.45, 7) is 6.03. The van der Waals surface area contributed by atoms with Crippen LogP contribution in [0.15, 0.2) is 42.6 Å². The fourth-order valence-electron chi connectivity index (χ4n) is 5.08. The molecule has 0 radical (unpaired) electrons. The topological polar surface area (TPSA) is 87.4 Å². The Labute approximate surface area is 204 Å². The number of nitrogens with one attached hydrogen (secondary N) is 1. The van der Waals surface area contributed by atoms with Gasteiger partial charge in [-0.3, -0.25) is 14.7 Å². The Bertz CT molecular complexity index is 1270. The molecule has 1 saturated carbocycles. The summed E-state index contributed by atoms with van der Waals surface area (Å²) in [5.74, 6) is 0.274. The maximum atomic E-state index is 14.9. The lowest BCUT2D eigenvalue weighted by Crippen LogP contribution is -2.47. The zero-order chi connectivity index (χ0) is 23.9. The minimum Gasteiger partial charge on any atom is -0.383 e. The lowest BCUT2D eigenvalue weighted by Gasteiger charge is -2.36. The Morgan fingerprint density at radius 3 is 2.54 bits per heavy atom. The second-order valence-corrected chi connectivity index (χ2v) is 9.77. The monoisotopic (exact) mass is 472 g/mol. The summed E-state index contributed by atoms with van der Waals surface area (Å²) in [6.07, 6.45) is 5.05. The quantitative estimate of drug-likeness (QED) is 0.554. The van der Waals surface area contributed by atoms with Gasteiger partial charge in [0.1, 0.15) is 5.82 Å². The van der Waals surface area contributed by atoms with Crippen LogP contribution >= 0.6 is 0 Å². The number of amides is 1. The van der Waals surface area contributed by atoms with Crippen molar-refractivity contribution in [2.45, 2.75) is 19.3 Å². The van der Waals surface area contributed by atoms with Gasteiger partial charge in [0.25, 0.3) is 5.91 Å². The molecule has 1 amide bonds. The molecule has 2 fully saturated rings.